The molecule has 1 aliphatic rings. The van der Waals surface area contributed by atoms with Crippen LogP contribution in [0.15, 0.2) is 18.5 Å². The zero-order valence-corrected chi connectivity index (χ0v) is 12.0. The van der Waals surface area contributed by atoms with Gasteiger partial charge in [0.1, 0.15) is 0 Å². The molecule has 0 spiro atoms. The Kier molecular flexibility index (Phi) is 3.48. The Bertz CT molecular complexity index is 520. The second-order valence-corrected chi connectivity index (χ2v) is 5.78. The van der Waals surface area contributed by atoms with Gasteiger partial charge in [0.2, 0.25) is 5.13 Å². The van der Waals surface area contributed by atoms with Crippen LogP contribution >= 0.6 is 11.5 Å². The minimum atomic E-state index is 0.488. The van der Waals surface area contributed by atoms with Gasteiger partial charge in [-0.05, 0) is 12.5 Å². The summed E-state index contributed by atoms with van der Waals surface area (Å²) in [5.74, 6) is 0.926. The van der Waals surface area contributed by atoms with Crippen LogP contribution in [0.3, 0.4) is 0 Å². The van der Waals surface area contributed by atoms with E-state index in [1.165, 1.54) is 11.5 Å². The van der Waals surface area contributed by atoms with Gasteiger partial charge in [0.15, 0.2) is 5.82 Å². The van der Waals surface area contributed by atoms with Crippen LogP contribution in [0.2, 0.25) is 0 Å². The van der Waals surface area contributed by atoms with E-state index in [1.54, 1.807) is 0 Å². The van der Waals surface area contributed by atoms with Gasteiger partial charge in [-0.2, -0.15) is 9.47 Å². The van der Waals surface area contributed by atoms with Crippen LogP contribution in [-0.2, 0) is 6.54 Å². The van der Waals surface area contributed by atoms with Crippen LogP contribution in [0.5, 0.6) is 0 Å². The molecule has 0 radical (unpaired) electrons. The Hall–Kier alpha value is -1.47. The third-order valence-electron chi connectivity index (χ3n) is 3.35. The molecule has 2 aromatic rings. The largest absolute Gasteiger partial charge is 0.353 e. The number of likely N-dealkylation sites (tertiary alicyclic amines) is 1. The highest BCUT2D eigenvalue weighted by molar-refractivity contribution is 7.09. The molecule has 1 atom stereocenters. The molecule has 7 heteroatoms. The van der Waals surface area contributed by atoms with Crippen LogP contribution in [0, 0.1) is 0 Å². The SMILES string of the molecule is CN(C)c1nc(CN2CCC(n3cccn3)C2)ns1. The second kappa shape index (κ2) is 5.26. The summed E-state index contributed by atoms with van der Waals surface area (Å²) < 4.78 is 6.47. The van der Waals surface area contributed by atoms with Crippen LogP contribution in [0.1, 0.15) is 18.3 Å². The molecule has 2 aromatic heterocycles. The van der Waals surface area contributed by atoms with Crippen LogP contribution in [0.25, 0.3) is 0 Å². The molecule has 0 N–H and O–H groups in total. The van der Waals surface area contributed by atoms with Crippen molar-refractivity contribution < 1.29 is 0 Å². The van der Waals surface area contributed by atoms with Crippen molar-refractivity contribution in [1.29, 1.82) is 0 Å². The summed E-state index contributed by atoms with van der Waals surface area (Å²) >= 11 is 1.46. The maximum atomic E-state index is 4.53. The van der Waals surface area contributed by atoms with Crippen molar-refractivity contribution in [3.8, 4) is 0 Å². The van der Waals surface area contributed by atoms with Gasteiger partial charge in [0.25, 0.3) is 0 Å². The van der Waals surface area contributed by atoms with Crippen LogP contribution in [0.4, 0.5) is 5.13 Å². The first-order chi connectivity index (χ1) is 9.22. The number of rotatable bonds is 4. The molecule has 1 unspecified atom stereocenters. The summed E-state index contributed by atoms with van der Waals surface area (Å²) in [7, 11) is 3.99. The van der Waals surface area contributed by atoms with Gasteiger partial charge in [-0.25, -0.2) is 4.98 Å². The lowest BCUT2D eigenvalue weighted by Crippen LogP contribution is -2.22. The van der Waals surface area contributed by atoms with E-state index in [2.05, 4.69) is 24.0 Å². The Labute approximate surface area is 116 Å². The normalized spacial score (nSPS) is 20.0. The van der Waals surface area contributed by atoms with E-state index >= 15 is 0 Å². The van der Waals surface area contributed by atoms with E-state index in [9.17, 15) is 0 Å². The standard InChI is InChI=1S/C12H18N6S/c1-16(2)12-14-11(15-19-12)9-17-7-4-10(8-17)18-6-3-5-13-18/h3,5-6,10H,4,7-9H2,1-2H3. The lowest BCUT2D eigenvalue weighted by atomic mass is 10.3. The van der Waals surface area contributed by atoms with E-state index in [0.717, 1.165) is 37.0 Å². The van der Waals surface area contributed by atoms with Crippen molar-refractivity contribution in [3.05, 3.63) is 24.3 Å². The van der Waals surface area contributed by atoms with Crippen LogP contribution < -0.4 is 4.90 Å². The number of aromatic nitrogens is 4. The molecule has 102 valence electrons. The van der Waals surface area contributed by atoms with Crippen molar-refractivity contribution >= 4 is 16.7 Å². The Balaban J connectivity index is 1.59. The Morgan fingerprint density at radius 3 is 3.05 bits per heavy atom. The molecule has 1 fully saturated rings. The first kappa shape index (κ1) is 12.6. The summed E-state index contributed by atoms with van der Waals surface area (Å²) in [6.07, 6.45) is 5.03. The predicted molar refractivity (Wildman–Crippen MR) is 75.4 cm³/mol. The topological polar surface area (TPSA) is 50.1 Å². The number of anilines is 1. The molecular weight excluding hydrogens is 260 g/mol. The Morgan fingerprint density at radius 2 is 2.37 bits per heavy atom. The second-order valence-electron chi connectivity index (χ2n) is 5.05. The van der Waals surface area contributed by atoms with Crippen molar-refractivity contribution in [1.82, 2.24) is 24.0 Å². The molecule has 1 saturated heterocycles. The molecule has 3 rings (SSSR count). The molecular formula is C12H18N6S. The van der Waals surface area contributed by atoms with E-state index in [4.69, 9.17) is 0 Å². The average molecular weight is 278 g/mol. The molecule has 0 amide bonds. The zero-order chi connectivity index (χ0) is 13.2. The van der Waals surface area contributed by atoms with Crippen molar-refractivity contribution in [2.45, 2.75) is 19.0 Å². The lowest BCUT2D eigenvalue weighted by Gasteiger charge is -2.14. The summed E-state index contributed by atoms with van der Waals surface area (Å²) in [5.41, 5.74) is 0. The molecule has 1 aliphatic heterocycles. The van der Waals surface area contributed by atoms with Crippen molar-refractivity contribution in [2.24, 2.45) is 0 Å². The van der Waals surface area contributed by atoms with E-state index in [0.29, 0.717) is 6.04 Å². The third kappa shape index (κ3) is 2.76. The molecule has 3 heterocycles. The van der Waals surface area contributed by atoms with Gasteiger partial charge in [-0.15, -0.1) is 0 Å². The third-order valence-corrected chi connectivity index (χ3v) is 4.27. The maximum absolute atomic E-state index is 4.53. The predicted octanol–water partition coefficient (Wildman–Crippen LogP) is 1.25. The quantitative estimate of drug-likeness (QED) is 0.842. The minimum absolute atomic E-state index is 0.488. The monoisotopic (exact) mass is 278 g/mol. The zero-order valence-electron chi connectivity index (χ0n) is 11.2. The fourth-order valence-corrected chi connectivity index (χ4v) is 2.95. The summed E-state index contributed by atoms with van der Waals surface area (Å²) in [6, 6.07) is 2.47. The number of hydrogen-bond donors (Lipinski definition) is 0. The van der Waals surface area contributed by atoms with Gasteiger partial charge in [-0.3, -0.25) is 9.58 Å². The maximum Gasteiger partial charge on any atom is 0.204 e. The minimum Gasteiger partial charge on any atom is -0.353 e. The number of hydrogen-bond acceptors (Lipinski definition) is 6. The first-order valence-electron chi connectivity index (χ1n) is 6.44. The first-order valence-corrected chi connectivity index (χ1v) is 7.21. The van der Waals surface area contributed by atoms with Crippen molar-refractivity contribution in [3.63, 3.8) is 0 Å². The van der Waals surface area contributed by atoms with Crippen LogP contribution in [-0.4, -0.2) is 51.2 Å². The fourth-order valence-electron chi connectivity index (χ4n) is 2.36. The Morgan fingerprint density at radius 1 is 1.47 bits per heavy atom. The van der Waals surface area contributed by atoms with Gasteiger partial charge < -0.3 is 4.90 Å². The molecule has 0 bridgehead atoms. The average Bonchev–Trinajstić information content (AvgIpc) is 3.09. The van der Waals surface area contributed by atoms with E-state index in [-0.39, 0.29) is 0 Å². The smallest absolute Gasteiger partial charge is 0.204 e. The summed E-state index contributed by atoms with van der Waals surface area (Å²) in [5, 5.41) is 5.29. The highest BCUT2D eigenvalue weighted by atomic mass is 32.1. The highest BCUT2D eigenvalue weighted by Gasteiger charge is 2.25. The fraction of sp³-hybridized carbons (Fsp3) is 0.583. The van der Waals surface area contributed by atoms with Crippen molar-refractivity contribution in [2.75, 3.05) is 32.1 Å². The summed E-state index contributed by atoms with van der Waals surface area (Å²) in [6.45, 7) is 2.95. The van der Waals surface area contributed by atoms with Gasteiger partial charge >= 0.3 is 0 Å². The highest BCUT2D eigenvalue weighted by Crippen LogP contribution is 2.23. The van der Waals surface area contributed by atoms with Gasteiger partial charge in [-0.1, -0.05) is 0 Å². The molecule has 6 nitrogen and oxygen atoms in total. The molecule has 0 saturated carbocycles. The lowest BCUT2D eigenvalue weighted by molar-refractivity contribution is 0.305. The molecule has 0 aromatic carbocycles. The molecule has 0 aliphatic carbocycles. The summed E-state index contributed by atoms with van der Waals surface area (Å²) in [4.78, 5) is 8.92. The van der Waals surface area contributed by atoms with E-state index < -0.39 is 0 Å². The number of nitrogens with zero attached hydrogens (tertiary/aromatic N) is 6. The molecule has 19 heavy (non-hydrogen) atoms. The van der Waals surface area contributed by atoms with Gasteiger partial charge in [0, 0.05) is 51.1 Å². The van der Waals surface area contributed by atoms with E-state index in [1.807, 2.05) is 37.5 Å². The van der Waals surface area contributed by atoms with Gasteiger partial charge in [0.05, 0.1) is 12.6 Å².